The van der Waals surface area contributed by atoms with Crippen molar-refractivity contribution in [2.45, 2.75) is 43.9 Å². The molecule has 1 N–H and O–H groups in total. The van der Waals surface area contributed by atoms with Gasteiger partial charge < -0.3 is 10.1 Å². The van der Waals surface area contributed by atoms with E-state index in [1.807, 2.05) is 12.1 Å². The average molecular weight is 438 g/mol. The summed E-state index contributed by atoms with van der Waals surface area (Å²) < 4.78 is 83.9. The van der Waals surface area contributed by atoms with Crippen molar-refractivity contribution in [2.24, 2.45) is 0 Å². The predicted octanol–water partition coefficient (Wildman–Crippen LogP) is 6.39. The molecule has 1 fully saturated rings. The van der Waals surface area contributed by atoms with Gasteiger partial charge in [-0.25, -0.2) is 0 Å². The van der Waals surface area contributed by atoms with Crippen LogP contribution in [0.5, 0.6) is 0 Å². The van der Waals surface area contributed by atoms with Gasteiger partial charge >= 0.3 is 12.4 Å². The maximum atomic E-state index is 13.0. The van der Waals surface area contributed by atoms with Gasteiger partial charge in [0.2, 0.25) is 0 Å². The Balaban J connectivity index is 1.80. The lowest BCUT2D eigenvalue weighted by atomic mass is 9.94. The standard InChI is InChI=1S/C20H18ClF6NO/c21-16-5-3-13(4-6-16)18-17(2-1-7-28-18)29-11-12-8-14(19(22,23)24)10-15(9-12)20(25,26)27/h3-6,8-10,17-18,28H,1-2,7,11H2/t17-,18-/m0/s1. The number of piperidine rings is 1. The van der Waals surface area contributed by atoms with Crippen LogP contribution in [0.2, 0.25) is 5.02 Å². The highest BCUT2D eigenvalue weighted by atomic mass is 35.5. The van der Waals surface area contributed by atoms with Gasteiger partial charge in [0, 0.05) is 5.02 Å². The highest BCUT2D eigenvalue weighted by molar-refractivity contribution is 6.30. The van der Waals surface area contributed by atoms with Gasteiger partial charge in [-0.1, -0.05) is 23.7 Å². The van der Waals surface area contributed by atoms with E-state index < -0.39 is 29.6 Å². The highest BCUT2D eigenvalue weighted by Crippen LogP contribution is 2.37. The summed E-state index contributed by atoms with van der Waals surface area (Å²) in [5.74, 6) is 0. The summed E-state index contributed by atoms with van der Waals surface area (Å²) >= 11 is 5.90. The topological polar surface area (TPSA) is 21.3 Å². The number of alkyl halides is 6. The van der Waals surface area contributed by atoms with Gasteiger partial charge in [0.05, 0.1) is 29.9 Å². The Morgan fingerprint density at radius 2 is 1.52 bits per heavy atom. The molecule has 1 aliphatic rings. The molecule has 2 aromatic carbocycles. The Hall–Kier alpha value is -1.77. The first-order valence-electron chi connectivity index (χ1n) is 8.93. The minimum atomic E-state index is -4.88. The van der Waals surface area contributed by atoms with Gasteiger partial charge in [0.25, 0.3) is 0 Å². The maximum Gasteiger partial charge on any atom is 0.416 e. The molecule has 9 heteroatoms. The molecule has 0 saturated carbocycles. The van der Waals surface area contributed by atoms with Crippen LogP contribution in [0, 0.1) is 0 Å². The summed E-state index contributed by atoms with van der Waals surface area (Å²) in [6, 6.07) is 8.34. The fourth-order valence-electron chi connectivity index (χ4n) is 3.35. The van der Waals surface area contributed by atoms with Crippen LogP contribution in [0.3, 0.4) is 0 Å². The lowest BCUT2D eigenvalue weighted by Crippen LogP contribution is -2.39. The third-order valence-electron chi connectivity index (χ3n) is 4.74. The van der Waals surface area contributed by atoms with Crippen molar-refractivity contribution < 1.29 is 31.1 Å². The molecule has 3 rings (SSSR count). The van der Waals surface area contributed by atoms with E-state index in [-0.39, 0.29) is 24.3 Å². The molecule has 158 valence electrons. The van der Waals surface area contributed by atoms with Crippen LogP contribution in [0.4, 0.5) is 26.3 Å². The zero-order valence-electron chi connectivity index (χ0n) is 15.1. The molecular weight excluding hydrogens is 420 g/mol. The fourth-order valence-corrected chi connectivity index (χ4v) is 3.47. The van der Waals surface area contributed by atoms with Gasteiger partial charge in [0.1, 0.15) is 0 Å². The molecule has 2 atom stereocenters. The SMILES string of the molecule is FC(F)(F)c1cc(CO[C@H]2CCCN[C@H]2c2ccc(Cl)cc2)cc(C(F)(F)F)c1. The molecule has 0 aliphatic carbocycles. The maximum absolute atomic E-state index is 13.0. The molecule has 0 radical (unpaired) electrons. The van der Waals surface area contributed by atoms with E-state index in [2.05, 4.69) is 5.32 Å². The third-order valence-corrected chi connectivity index (χ3v) is 4.99. The molecule has 1 aliphatic heterocycles. The Morgan fingerprint density at radius 3 is 2.07 bits per heavy atom. The highest BCUT2D eigenvalue weighted by Gasteiger charge is 2.37. The largest absolute Gasteiger partial charge is 0.416 e. The van der Waals surface area contributed by atoms with Crippen LogP contribution in [-0.4, -0.2) is 12.6 Å². The molecule has 1 heterocycles. The minimum absolute atomic E-state index is 0.113. The Bertz CT molecular complexity index is 802. The van der Waals surface area contributed by atoms with Crippen LogP contribution in [-0.2, 0) is 23.7 Å². The molecular formula is C20H18ClF6NO. The number of rotatable bonds is 4. The zero-order chi connectivity index (χ0) is 21.2. The summed E-state index contributed by atoms with van der Waals surface area (Å²) in [7, 11) is 0. The zero-order valence-corrected chi connectivity index (χ0v) is 15.8. The second kappa shape index (κ2) is 8.53. The van der Waals surface area contributed by atoms with E-state index in [4.69, 9.17) is 16.3 Å². The number of hydrogen-bond donors (Lipinski definition) is 1. The first kappa shape index (κ1) is 21.9. The fraction of sp³-hybridized carbons (Fsp3) is 0.400. The number of nitrogens with one attached hydrogen (secondary N) is 1. The molecule has 2 aromatic rings. The molecule has 0 bridgehead atoms. The van der Waals surface area contributed by atoms with Crippen molar-refractivity contribution in [1.29, 1.82) is 0 Å². The van der Waals surface area contributed by atoms with Crippen molar-refractivity contribution in [3.05, 3.63) is 69.7 Å². The van der Waals surface area contributed by atoms with Gasteiger partial charge in [-0.05, 0) is 60.8 Å². The van der Waals surface area contributed by atoms with Gasteiger partial charge in [-0.3, -0.25) is 0 Å². The second-order valence-electron chi connectivity index (χ2n) is 6.89. The molecule has 0 amide bonds. The summed E-state index contributed by atoms with van der Waals surface area (Å²) in [5.41, 5.74) is -1.98. The van der Waals surface area contributed by atoms with Crippen LogP contribution < -0.4 is 5.32 Å². The number of benzene rings is 2. The average Bonchev–Trinajstić information content (AvgIpc) is 2.66. The van der Waals surface area contributed by atoms with Crippen molar-refractivity contribution in [1.82, 2.24) is 5.32 Å². The first-order chi connectivity index (χ1) is 13.5. The van der Waals surface area contributed by atoms with Crippen LogP contribution in [0.25, 0.3) is 0 Å². The lowest BCUT2D eigenvalue weighted by Gasteiger charge is -2.33. The van der Waals surface area contributed by atoms with E-state index in [1.54, 1.807) is 12.1 Å². The summed E-state index contributed by atoms with van der Waals surface area (Å²) in [4.78, 5) is 0. The third kappa shape index (κ3) is 5.65. The van der Waals surface area contributed by atoms with Crippen molar-refractivity contribution in [3.63, 3.8) is 0 Å². The van der Waals surface area contributed by atoms with E-state index in [1.165, 1.54) is 0 Å². The van der Waals surface area contributed by atoms with E-state index in [9.17, 15) is 26.3 Å². The molecule has 0 unspecified atom stereocenters. The summed E-state index contributed by atoms with van der Waals surface area (Å²) in [6.45, 7) is 0.373. The quantitative estimate of drug-likeness (QED) is 0.560. The first-order valence-corrected chi connectivity index (χ1v) is 9.30. The molecule has 0 aromatic heterocycles. The van der Waals surface area contributed by atoms with Crippen LogP contribution in [0.15, 0.2) is 42.5 Å². The predicted molar refractivity (Wildman–Crippen MR) is 96.5 cm³/mol. The van der Waals surface area contributed by atoms with Gasteiger partial charge in [-0.15, -0.1) is 0 Å². The monoisotopic (exact) mass is 437 g/mol. The van der Waals surface area contributed by atoms with Gasteiger partial charge in [-0.2, -0.15) is 26.3 Å². The van der Waals surface area contributed by atoms with Crippen LogP contribution >= 0.6 is 11.6 Å². The Kier molecular flexibility index (Phi) is 6.45. The number of hydrogen-bond acceptors (Lipinski definition) is 2. The van der Waals surface area contributed by atoms with E-state index in [0.717, 1.165) is 18.5 Å². The summed E-state index contributed by atoms with van der Waals surface area (Å²) in [5, 5.41) is 3.85. The number of halogens is 7. The van der Waals surface area contributed by atoms with E-state index >= 15 is 0 Å². The summed E-state index contributed by atoms with van der Waals surface area (Å²) in [6.07, 6.45) is -8.74. The smallest absolute Gasteiger partial charge is 0.372 e. The van der Waals surface area contributed by atoms with Crippen LogP contribution in [0.1, 0.15) is 41.1 Å². The van der Waals surface area contributed by atoms with E-state index in [0.29, 0.717) is 23.6 Å². The Labute approximate surface area is 168 Å². The normalized spacial score (nSPS) is 20.7. The van der Waals surface area contributed by atoms with Gasteiger partial charge in [0.15, 0.2) is 0 Å². The molecule has 1 saturated heterocycles. The number of ether oxygens (including phenoxy) is 1. The minimum Gasteiger partial charge on any atom is -0.372 e. The van der Waals surface area contributed by atoms with Crippen molar-refractivity contribution in [3.8, 4) is 0 Å². The molecule has 29 heavy (non-hydrogen) atoms. The lowest BCUT2D eigenvalue weighted by molar-refractivity contribution is -0.143. The Morgan fingerprint density at radius 1 is 0.931 bits per heavy atom. The van der Waals surface area contributed by atoms with Crippen molar-refractivity contribution in [2.75, 3.05) is 6.54 Å². The molecule has 0 spiro atoms. The second-order valence-corrected chi connectivity index (χ2v) is 7.33. The van der Waals surface area contributed by atoms with Crippen molar-refractivity contribution >= 4 is 11.6 Å². The molecule has 2 nitrogen and oxygen atoms in total.